The summed E-state index contributed by atoms with van der Waals surface area (Å²) in [6, 6.07) is 21.2. The van der Waals surface area contributed by atoms with Gasteiger partial charge in [0.1, 0.15) is 5.57 Å². The molecule has 326 valence electrons. The monoisotopic (exact) mass is 872 g/mol. The van der Waals surface area contributed by atoms with E-state index in [1.807, 2.05) is 12.1 Å². The summed E-state index contributed by atoms with van der Waals surface area (Å²) in [5.41, 5.74) is 8.05. The summed E-state index contributed by atoms with van der Waals surface area (Å²) in [6.45, 7) is 4.82. The normalized spacial score (nSPS) is 16.9. The van der Waals surface area contributed by atoms with E-state index in [1.54, 1.807) is 40.7 Å². The van der Waals surface area contributed by atoms with Crippen molar-refractivity contribution in [3.63, 3.8) is 0 Å². The van der Waals surface area contributed by atoms with E-state index >= 15 is 0 Å². The van der Waals surface area contributed by atoms with Crippen molar-refractivity contribution in [1.29, 1.82) is 0 Å². The Balaban J connectivity index is 1.26. The molecule has 0 atom stereocenters. The third-order valence-corrected chi connectivity index (χ3v) is 15.1. The molecule has 7 amide bonds. The van der Waals surface area contributed by atoms with Crippen LogP contribution < -0.4 is 0 Å². The second-order valence-corrected chi connectivity index (χ2v) is 19.5. The minimum absolute atomic E-state index is 0.0197. The average Bonchev–Trinajstić information content (AvgIpc) is 4.02. The van der Waals surface area contributed by atoms with Gasteiger partial charge in [0.25, 0.3) is 17.7 Å². The first-order valence-electron chi connectivity index (χ1n) is 22.4. The molecule has 3 aliphatic rings. The molecule has 0 bridgehead atoms. The number of thiophene rings is 2. The van der Waals surface area contributed by atoms with Gasteiger partial charge in [-0.1, -0.05) is 115 Å². The van der Waals surface area contributed by atoms with Crippen LogP contribution in [0.2, 0.25) is 0 Å². The van der Waals surface area contributed by atoms with Crippen LogP contribution in [-0.4, -0.2) is 84.1 Å². The highest BCUT2D eigenvalue weighted by Gasteiger charge is 2.43. The highest BCUT2D eigenvalue weighted by Crippen LogP contribution is 2.56. The van der Waals surface area contributed by atoms with E-state index in [1.165, 1.54) is 118 Å². The lowest BCUT2D eigenvalue weighted by molar-refractivity contribution is -0.134. The summed E-state index contributed by atoms with van der Waals surface area (Å²) in [4.78, 5) is 72.4. The number of likely N-dealkylation sites (N-methyl/N-ethyl adjacent to an activating group) is 4. The Morgan fingerprint density at radius 3 is 1.48 bits per heavy atom. The van der Waals surface area contributed by atoms with Crippen LogP contribution in [0, 0.1) is 0 Å². The third-order valence-electron chi connectivity index (χ3n) is 12.9. The van der Waals surface area contributed by atoms with E-state index in [0.717, 1.165) is 60.6 Å². The van der Waals surface area contributed by atoms with Gasteiger partial charge in [-0.15, -0.1) is 22.7 Å². The molecule has 2 saturated heterocycles. The molecular weight excluding hydrogens is 813 g/mol. The Kier molecular flexibility index (Phi) is 14.1. The Morgan fingerprint density at radius 1 is 0.532 bits per heavy atom. The fourth-order valence-corrected chi connectivity index (χ4v) is 11.3. The number of barbiturate groups is 1. The van der Waals surface area contributed by atoms with Crippen molar-refractivity contribution in [3.8, 4) is 32.0 Å². The largest absolute Gasteiger partial charge is 0.333 e. The van der Waals surface area contributed by atoms with Gasteiger partial charge in [0.2, 0.25) is 0 Å². The molecule has 4 aromatic rings. The van der Waals surface area contributed by atoms with Crippen molar-refractivity contribution >= 4 is 64.6 Å². The number of urea groups is 2. The van der Waals surface area contributed by atoms with E-state index in [-0.39, 0.29) is 29.5 Å². The van der Waals surface area contributed by atoms with Crippen molar-refractivity contribution in [2.45, 2.75) is 109 Å². The van der Waals surface area contributed by atoms with E-state index in [2.05, 4.69) is 68.4 Å². The van der Waals surface area contributed by atoms with Gasteiger partial charge in [-0.3, -0.25) is 29.1 Å². The second kappa shape index (κ2) is 19.5. The van der Waals surface area contributed by atoms with E-state index < -0.39 is 17.8 Å². The molecule has 2 fully saturated rings. The third kappa shape index (κ3) is 9.02. The highest BCUT2D eigenvalue weighted by molar-refractivity contribution is 7.16. The van der Waals surface area contributed by atoms with E-state index in [9.17, 15) is 24.0 Å². The number of imide groups is 3. The number of nitrogens with zero attached hydrogens (tertiary/aromatic N) is 4. The first-order chi connectivity index (χ1) is 29.9. The Labute approximate surface area is 375 Å². The number of unbranched alkanes of at least 4 members (excludes halogenated alkanes) is 10. The maximum Gasteiger partial charge on any atom is 0.333 e. The van der Waals surface area contributed by atoms with Gasteiger partial charge in [0.15, 0.2) is 0 Å². The van der Waals surface area contributed by atoms with Crippen LogP contribution in [-0.2, 0) is 19.8 Å². The number of carbonyl (C=O) groups is 5. The lowest BCUT2D eigenvalue weighted by atomic mass is 9.70. The molecule has 0 radical (unpaired) electrons. The standard InChI is InChI=1S/C51H60N4O5S2/c1-7-9-11-13-15-17-27-51(28-18-16-14-12-10-8-2)42-30-34(44-25-21-37(61-44)29-36-33-52(3)49(59)53(4)46(36)56)19-23-39(42)40-24-20-35(31-43(40)51)45-26-22-38(62-45)32-41-47(57)54(5)50(60)55(6)48(41)58/h19-26,29-32H,7-18,27-28,33H2,1-6H3. The first kappa shape index (κ1) is 44.9. The fraction of sp³-hybridized carbons (Fsp3) is 0.431. The van der Waals surface area contributed by atoms with Crippen LogP contribution in [0.3, 0.4) is 0 Å². The molecule has 0 spiro atoms. The molecule has 62 heavy (non-hydrogen) atoms. The van der Waals surface area contributed by atoms with Crippen LogP contribution in [0.5, 0.6) is 0 Å². The Hall–Kier alpha value is -5.13. The predicted octanol–water partition coefficient (Wildman–Crippen LogP) is 12.3. The number of benzene rings is 2. The highest BCUT2D eigenvalue weighted by atomic mass is 32.1. The smallest absolute Gasteiger partial charge is 0.323 e. The van der Waals surface area contributed by atoms with Gasteiger partial charge < -0.3 is 4.90 Å². The van der Waals surface area contributed by atoms with Crippen molar-refractivity contribution in [1.82, 2.24) is 19.6 Å². The molecule has 2 aromatic carbocycles. The van der Waals surface area contributed by atoms with E-state index in [4.69, 9.17) is 0 Å². The van der Waals surface area contributed by atoms with Gasteiger partial charge in [0, 0.05) is 58.7 Å². The van der Waals surface area contributed by atoms with Crippen LogP contribution in [0.1, 0.15) is 125 Å². The molecule has 9 nitrogen and oxygen atoms in total. The lowest BCUT2D eigenvalue weighted by Crippen LogP contribution is -2.52. The zero-order valence-electron chi connectivity index (χ0n) is 37.2. The van der Waals surface area contributed by atoms with Crippen LogP contribution in [0.15, 0.2) is 71.8 Å². The number of carbonyl (C=O) groups excluding carboxylic acids is 5. The average molecular weight is 873 g/mol. The molecule has 2 aliphatic heterocycles. The number of rotatable bonds is 18. The minimum Gasteiger partial charge on any atom is -0.323 e. The summed E-state index contributed by atoms with van der Waals surface area (Å²) >= 11 is 3.21. The SMILES string of the molecule is CCCCCCCCC1(CCCCCCCC)c2cc(-c3ccc(C=C4CN(C)C(=O)N(C)C4=O)s3)ccc2-c2ccc(-c3ccc(C=C4C(=O)N(C)C(=O)N(C)C4=O)s3)cc21. The van der Waals surface area contributed by atoms with Gasteiger partial charge in [-0.25, -0.2) is 9.59 Å². The quantitative estimate of drug-likeness (QED) is 0.0563. The van der Waals surface area contributed by atoms with E-state index in [0.29, 0.717) is 5.57 Å². The summed E-state index contributed by atoms with van der Waals surface area (Å²) < 4.78 is 0. The minimum atomic E-state index is -0.633. The number of hydrogen-bond acceptors (Lipinski definition) is 7. The maximum atomic E-state index is 13.0. The number of fused-ring (bicyclic) bond motifs is 3. The van der Waals surface area contributed by atoms with Crippen LogP contribution >= 0.6 is 22.7 Å². The second-order valence-electron chi connectivity index (χ2n) is 17.3. The molecule has 0 N–H and O–H groups in total. The Morgan fingerprint density at radius 2 is 0.984 bits per heavy atom. The molecule has 1 aliphatic carbocycles. The van der Waals surface area contributed by atoms with Gasteiger partial charge in [0.05, 0.1) is 6.54 Å². The summed E-state index contributed by atoms with van der Waals surface area (Å²) in [5, 5.41) is 0. The first-order valence-corrected chi connectivity index (χ1v) is 24.1. The summed E-state index contributed by atoms with van der Waals surface area (Å²) in [5.74, 6) is -1.44. The zero-order valence-corrected chi connectivity index (χ0v) is 38.8. The molecule has 4 heterocycles. The zero-order chi connectivity index (χ0) is 44.1. The van der Waals surface area contributed by atoms with Crippen LogP contribution in [0.25, 0.3) is 44.2 Å². The van der Waals surface area contributed by atoms with Crippen molar-refractivity contribution in [3.05, 3.63) is 92.7 Å². The molecule has 11 heteroatoms. The lowest BCUT2D eigenvalue weighted by Gasteiger charge is -2.33. The molecule has 2 aromatic heterocycles. The molecule has 0 unspecified atom stereocenters. The van der Waals surface area contributed by atoms with Gasteiger partial charge >= 0.3 is 12.1 Å². The fourth-order valence-electron chi connectivity index (χ4n) is 9.40. The predicted molar refractivity (Wildman–Crippen MR) is 253 cm³/mol. The van der Waals surface area contributed by atoms with Crippen molar-refractivity contribution in [2.75, 3.05) is 34.7 Å². The molecule has 0 saturated carbocycles. The maximum absolute atomic E-state index is 13.0. The van der Waals surface area contributed by atoms with Crippen LogP contribution in [0.4, 0.5) is 9.59 Å². The molecule has 7 rings (SSSR count). The van der Waals surface area contributed by atoms with Crippen molar-refractivity contribution in [2.24, 2.45) is 0 Å². The topological polar surface area (TPSA) is 98.3 Å². The van der Waals surface area contributed by atoms with Gasteiger partial charge in [-0.05, 0) is 94.8 Å². The number of hydrogen-bond donors (Lipinski definition) is 0. The van der Waals surface area contributed by atoms with Crippen molar-refractivity contribution < 1.29 is 24.0 Å². The number of amides is 7. The molecular formula is C51H60N4O5S2. The summed E-state index contributed by atoms with van der Waals surface area (Å²) in [7, 11) is 6.05. The van der Waals surface area contributed by atoms with Gasteiger partial charge in [-0.2, -0.15) is 0 Å². The summed E-state index contributed by atoms with van der Waals surface area (Å²) in [6.07, 6.45) is 20.4. The Bertz CT molecular complexity index is 2380.